The zero-order valence-electron chi connectivity index (χ0n) is 20.9. The van der Waals surface area contributed by atoms with E-state index in [0.717, 1.165) is 30.6 Å². The van der Waals surface area contributed by atoms with Crippen LogP contribution >= 0.6 is 0 Å². The molecule has 2 saturated carbocycles. The molecule has 7 atom stereocenters. The molecule has 4 rings (SSSR count). The van der Waals surface area contributed by atoms with Gasteiger partial charge in [-0.25, -0.2) is 0 Å². The van der Waals surface area contributed by atoms with Crippen LogP contribution in [0.2, 0.25) is 0 Å². The predicted molar refractivity (Wildman–Crippen MR) is 128 cm³/mol. The summed E-state index contributed by atoms with van der Waals surface area (Å²) in [7, 11) is 0. The van der Waals surface area contributed by atoms with E-state index in [1.54, 1.807) is 11.1 Å². The average molecular weight is 413 g/mol. The Labute approximate surface area is 186 Å². The Morgan fingerprint density at radius 2 is 1.70 bits per heavy atom. The average Bonchev–Trinajstić information content (AvgIpc) is 3.02. The van der Waals surface area contributed by atoms with E-state index in [1.165, 1.54) is 44.9 Å². The lowest BCUT2D eigenvalue weighted by molar-refractivity contribution is -0.119. The van der Waals surface area contributed by atoms with E-state index in [-0.39, 0.29) is 11.5 Å². The van der Waals surface area contributed by atoms with Gasteiger partial charge in [-0.15, -0.1) is 0 Å². The normalized spacial score (nSPS) is 43.4. The predicted octanol–water partition coefficient (Wildman–Crippen LogP) is 7.94. The van der Waals surface area contributed by atoms with Gasteiger partial charge in [0.25, 0.3) is 0 Å². The summed E-state index contributed by atoms with van der Waals surface area (Å²) in [4.78, 5) is 0. The Kier molecular flexibility index (Phi) is 5.87. The highest BCUT2D eigenvalue weighted by Crippen LogP contribution is 2.67. The second-order valence-corrected chi connectivity index (χ2v) is 13.1. The summed E-state index contributed by atoms with van der Waals surface area (Å²) in [6.07, 6.45) is 16.7. The van der Waals surface area contributed by atoms with Crippen LogP contribution in [0.25, 0.3) is 0 Å². The fourth-order valence-corrected chi connectivity index (χ4v) is 8.65. The highest BCUT2D eigenvalue weighted by molar-refractivity contribution is 5.46. The SMILES string of the molecule is CC(C)CCCC(C)C1CC=C2C3=CCC4C(C)(C)C(O)CCC4(C)C3CCC21C. The monoisotopic (exact) mass is 412 g/mol. The Balaban J connectivity index is 1.56. The highest BCUT2D eigenvalue weighted by atomic mass is 16.3. The van der Waals surface area contributed by atoms with E-state index in [9.17, 15) is 5.11 Å². The molecule has 0 amide bonds. The van der Waals surface area contributed by atoms with Gasteiger partial charge < -0.3 is 5.11 Å². The second-order valence-electron chi connectivity index (χ2n) is 13.1. The Bertz CT molecular complexity index is 712. The van der Waals surface area contributed by atoms with Crippen LogP contribution in [0.5, 0.6) is 0 Å². The first-order valence-electron chi connectivity index (χ1n) is 13.1. The molecule has 1 nitrogen and oxygen atoms in total. The third-order valence-electron chi connectivity index (χ3n) is 10.7. The van der Waals surface area contributed by atoms with Crippen LogP contribution in [0.15, 0.2) is 23.3 Å². The van der Waals surface area contributed by atoms with Gasteiger partial charge >= 0.3 is 0 Å². The van der Waals surface area contributed by atoms with Crippen molar-refractivity contribution >= 4 is 0 Å². The lowest BCUT2D eigenvalue weighted by Crippen LogP contribution is -2.55. The summed E-state index contributed by atoms with van der Waals surface area (Å²) < 4.78 is 0. The molecule has 30 heavy (non-hydrogen) atoms. The van der Waals surface area contributed by atoms with Crippen LogP contribution in [0, 0.1) is 45.8 Å². The largest absolute Gasteiger partial charge is 0.393 e. The molecule has 7 unspecified atom stereocenters. The highest BCUT2D eigenvalue weighted by Gasteiger charge is 2.59. The van der Waals surface area contributed by atoms with Crippen LogP contribution in [0.1, 0.15) is 106 Å². The first-order valence-corrected chi connectivity index (χ1v) is 13.1. The lowest BCUT2D eigenvalue weighted by atomic mass is 9.44. The Morgan fingerprint density at radius 1 is 0.967 bits per heavy atom. The number of hydrogen-bond acceptors (Lipinski definition) is 1. The van der Waals surface area contributed by atoms with E-state index >= 15 is 0 Å². The van der Waals surface area contributed by atoms with Gasteiger partial charge in [0.1, 0.15) is 0 Å². The topological polar surface area (TPSA) is 20.2 Å². The molecule has 0 aromatic carbocycles. The zero-order chi connectivity index (χ0) is 21.9. The van der Waals surface area contributed by atoms with Gasteiger partial charge in [-0.2, -0.15) is 0 Å². The molecule has 170 valence electrons. The number of hydrogen-bond donors (Lipinski definition) is 1. The maximum Gasteiger partial charge on any atom is 0.0594 e. The fourth-order valence-electron chi connectivity index (χ4n) is 8.65. The summed E-state index contributed by atoms with van der Waals surface area (Å²) in [5.41, 5.74) is 4.25. The molecular weight excluding hydrogens is 364 g/mol. The third-order valence-corrected chi connectivity index (χ3v) is 10.7. The third kappa shape index (κ3) is 3.37. The maximum atomic E-state index is 10.7. The van der Waals surface area contributed by atoms with Crippen LogP contribution in [0.3, 0.4) is 0 Å². The van der Waals surface area contributed by atoms with Gasteiger partial charge in [0.2, 0.25) is 0 Å². The van der Waals surface area contributed by atoms with Crippen molar-refractivity contribution < 1.29 is 5.11 Å². The van der Waals surface area contributed by atoms with Gasteiger partial charge in [-0.1, -0.05) is 79.9 Å². The smallest absolute Gasteiger partial charge is 0.0594 e. The zero-order valence-corrected chi connectivity index (χ0v) is 20.9. The summed E-state index contributed by atoms with van der Waals surface area (Å²) in [6, 6.07) is 0. The quantitative estimate of drug-likeness (QED) is 0.486. The molecule has 0 aromatic rings. The molecule has 4 aliphatic rings. The number of rotatable bonds is 5. The van der Waals surface area contributed by atoms with E-state index < -0.39 is 0 Å². The van der Waals surface area contributed by atoms with E-state index in [0.29, 0.717) is 22.7 Å². The van der Waals surface area contributed by atoms with Gasteiger partial charge in [0.05, 0.1) is 6.10 Å². The van der Waals surface area contributed by atoms with Crippen molar-refractivity contribution in [1.29, 1.82) is 0 Å². The molecule has 0 aliphatic heterocycles. The van der Waals surface area contributed by atoms with Crippen LogP contribution in [0.4, 0.5) is 0 Å². The van der Waals surface area contributed by atoms with E-state index in [4.69, 9.17) is 0 Å². The van der Waals surface area contributed by atoms with Crippen LogP contribution in [-0.2, 0) is 0 Å². The molecule has 0 saturated heterocycles. The fraction of sp³-hybridized carbons (Fsp3) is 0.862. The molecule has 1 N–H and O–H groups in total. The van der Waals surface area contributed by atoms with Gasteiger partial charge in [-0.05, 0) is 95.5 Å². The molecule has 0 bridgehead atoms. The minimum absolute atomic E-state index is 0.0350. The van der Waals surface area contributed by atoms with Crippen molar-refractivity contribution in [3.05, 3.63) is 23.3 Å². The van der Waals surface area contributed by atoms with Crippen molar-refractivity contribution in [2.75, 3.05) is 0 Å². The molecule has 0 spiro atoms. The number of aliphatic hydroxyl groups is 1. The first kappa shape index (κ1) is 22.6. The van der Waals surface area contributed by atoms with Gasteiger partial charge in [-0.3, -0.25) is 0 Å². The van der Waals surface area contributed by atoms with Crippen molar-refractivity contribution in [3.63, 3.8) is 0 Å². The first-order chi connectivity index (χ1) is 14.0. The molecule has 4 aliphatic carbocycles. The number of allylic oxidation sites excluding steroid dienone is 4. The van der Waals surface area contributed by atoms with Gasteiger partial charge in [0.15, 0.2) is 0 Å². The standard InChI is InChI=1S/C29H48O/c1-19(2)9-8-10-20(3)22-12-13-23-21-11-14-25-27(4,5)26(30)16-18-29(25,7)24(21)15-17-28(22,23)6/h11,13,19-20,22,24-26,30H,8-10,12,14-18H2,1-7H3. The maximum absolute atomic E-state index is 10.7. The minimum atomic E-state index is -0.138. The number of fused-ring (bicyclic) bond motifs is 5. The van der Waals surface area contributed by atoms with Crippen molar-refractivity contribution in [2.45, 2.75) is 112 Å². The summed E-state index contributed by atoms with van der Waals surface area (Å²) in [5.74, 6) is 3.81. The molecule has 0 heterocycles. The number of aliphatic hydroxyl groups excluding tert-OH is 1. The van der Waals surface area contributed by atoms with Gasteiger partial charge in [0, 0.05) is 0 Å². The lowest BCUT2D eigenvalue weighted by Gasteiger charge is -2.61. The molecule has 0 radical (unpaired) electrons. The van der Waals surface area contributed by atoms with Crippen LogP contribution in [-0.4, -0.2) is 11.2 Å². The Morgan fingerprint density at radius 3 is 2.40 bits per heavy atom. The van der Waals surface area contributed by atoms with Crippen molar-refractivity contribution in [3.8, 4) is 0 Å². The van der Waals surface area contributed by atoms with E-state index in [1.807, 2.05) is 0 Å². The van der Waals surface area contributed by atoms with Crippen LogP contribution < -0.4 is 0 Å². The molecule has 2 fully saturated rings. The molecule has 0 aromatic heterocycles. The summed E-state index contributed by atoms with van der Waals surface area (Å²) in [6.45, 7) is 17.1. The summed E-state index contributed by atoms with van der Waals surface area (Å²) >= 11 is 0. The molecule has 1 heteroatoms. The minimum Gasteiger partial charge on any atom is -0.393 e. The van der Waals surface area contributed by atoms with Crippen molar-refractivity contribution in [2.24, 2.45) is 45.8 Å². The second kappa shape index (κ2) is 7.79. The molecular formula is C29H48O. The Hall–Kier alpha value is -0.560. The van der Waals surface area contributed by atoms with Crippen molar-refractivity contribution in [1.82, 2.24) is 0 Å². The van der Waals surface area contributed by atoms with E-state index in [2.05, 4.69) is 60.6 Å². The summed E-state index contributed by atoms with van der Waals surface area (Å²) in [5, 5.41) is 10.7.